The van der Waals surface area contributed by atoms with Gasteiger partial charge < -0.3 is 10.4 Å². The second-order valence-electron chi connectivity index (χ2n) is 3.85. The Balaban J connectivity index is 2.22. The molecule has 2 N–H and O–H groups in total. The zero-order valence-electron chi connectivity index (χ0n) is 8.83. The zero-order chi connectivity index (χ0) is 10.4. The quantitative estimate of drug-likeness (QED) is 0.636. The maximum atomic E-state index is 10.7. The third kappa shape index (κ3) is 3.64. The summed E-state index contributed by atoms with van der Waals surface area (Å²) in [5.74, 6) is -0.731. The standard InChI is InChI=1S/C10H20N2O2/c1-2-3-4-6-12-7-5-11-9(8-12)10(13)14/h9,11H,2-8H2,1H3,(H,13,14). The van der Waals surface area contributed by atoms with Crippen LogP contribution >= 0.6 is 0 Å². The van der Waals surface area contributed by atoms with E-state index in [9.17, 15) is 4.79 Å². The van der Waals surface area contributed by atoms with E-state index in [2.05, 4.69) is 17.1 Å². The average molecular weight is 200 g/mol. The predicted octanol–water partition coefficient (Wildman–Crippen LogP) is 0.535. The van der Waals surface area contributed by atoms with Crippen LogP contribution in [0.2, 0.25) is 0 Å². The summed E-state index contributed by atoms with van der Waals surface area (Å²) < 4.78 is 0. The first kappa shape index (κ1) is 11.5. The van der Waals surface area contributed by atoms with Gasteiger partial charge in [-0.25, -0.2) is 0 Å². The third-order valence-corrected chi connectivity index (χ3v) is 2.64. The molecule has 0 aromatic carbocycles. The molecule has 4 heteroatoms. The van der Waals surface area contributed by atoms with Gasteiger partial charge in [-0.1, -0.05) is 19.8 Å². The molecule has 0 aromatic rings. The van der Waals surface area contributed by atoms with Gasteiger partial charge in [-0.05, 0) is 13.0 Å². The number of nitrogens with one attached hydrogen (secondary N) is 1. The molecule has 1 rings (SSSR count). The van der Waals surface area contributed by atoms with Crippen molar-refractivity contribution in [3.05, 3.63) is 0 Å². The van der Waals surface area contributed by atoms with Crippen LogP contribution in [0.1, 0.15) is 26.2 Å². The van der Waals surface area contributed by atoms with E-state index in [-0.39, 0.29) is 6.04 Å². The lowest BCUT2D eigenvalue weighted by molar-refractivity contribution is -0.140. The van der Waals surface area contributed by atoms with Gasteiger partial charge in [-0.15, -0.1) is 0 Å². The van der Waals surface area contributed by atoms with E-state index < -0.39 is 5.97 Å². The van der Waals surface area contributed by atoms with Crippen LogP contribution in [-0.4, -0.2) is 48.2 Å². The van der Waals surface area contributed by atoms with E-state index in [1.807, 2.05) is 0 Å². The highest BCUT2D eigenvalue weighted by Crippen LogP contribution is 2.03. The summed E-state index contributed by atoms with van der Waals surface area (Å²) in [7, 11) is 0. The molecule has 1 heterocycles. The highest BCUT2D eigenvalue weighted by Gasteiger charge is 2.23. The molecule has 1 unspecified atom stereocenters. The maximum absolute atomic E-state index is 10.7. The fourth-order valence-electron chi connectivity index (χ4n) is 1.76. The Bertz CT molecular complexity index is 185. The minimum Gasteiger partial charge on any atom is -0.480 e. The molecule has 1 atom stereocenters. The molecule has 1 fully saturated rings. The molecular formula is C10H20N2O2. The van der Waals surface area contributed by atoms with Crippen molar-refractivity contribution >= 4 is 5.97 Å². The minimum absolute atomic E-state index is 0.370. The Morgan fingerprint density at radius 3 is 3.00 bits per heavy atom. The normalized spacial score (nSPS) is 23.6. The predicted molar refractivity (Wildman–Crippen MR) is 55.4 cm³/mol. The molecule has 14 heavy (non-hydrogen) atoms. The topological polar surface area (TPSA) is 52.6 Å². The van der Waals surface area contributed by atoms with E-state index in [1.165, 1.54) is 19.3 Å². The second kappa shape index (κ2) is 5.98. The number of piperazine rings is 1. The van der Waals surface area contributed by atoms with Gasteiger partial charge in [-0.2, -0.15) is 0 Å². The van der Waals surface area contributed by atoms with Crippen LogP contribution in [0, 0.1) is 0 Å². The third-order valence-electron chi connectivity index (χ3n) is 2.64. The number of hydrogen-bond acceptors (Lipinski definition) is 3. The summed E-state index contributed by atoms with van der Waals surface area (Å²) in [6.07, 6.45) is 3.64. The van der Waals surface area contributed by atoms with E-state index in [1.54, 1.807) is 0 Å². The Kier molecular flexibility index (Phi) is 4.90. The fraction of sp³-hybridized carbons (Fsp3) is 0.900. The van der Waals surface area contributed by atoms with Gasteiger partial charge in [0.25, 0.3) is 0 Å². The van der Waals surface area contributed by atoms with Crippen molar-refractivity contribution in [3.63, 3.8) is 0 Å². The van der Waals surface area contributed by atoms with Crippen molar-refractivity contribution in [2.24, 2.45) is 0 Å². The summed E-state index contributed by atoms with van der Waals surface area (Å²) in [5.41, 5.74) is 0. The van der Waals surface area contributed by atoms with Crippen LogP contribution in [0.3, 0.4) is 0 Å². The van der Waals surface area contributed by atoms with Gasteiger partial charge in [0.1, 0.15) is 6.04 Å². The van der Waals surface area contributed by atoms with Crippen LogP contribution in [-0.2, 0) is 4.79 Å². The van der Waals surface area contributed by atoms with Crippen LogP contribution < -0.4 is 5.32 Å². The summed E-state index contributed by atoms with van der Waals surface area (Å²) in [5, 5.41) is 11.8. The minimum atomic E-state index is -0.731. The largest absolute Gasteiger partial charge is 0.480 e. The van der Waals surface area contributed by atoms with Crippen molar-refractivity contribution in [2.45, 2.75) is 32.2 Å². The Hall–Kier alpha value is -0.610. The fourth-order valence-corrected chi connectivity index (χ4v) is 1.76. The van der Waals surface area contributed by atoms with Crippen molar-refractivity contribution in [3.8, 4) is 0 Å². The summed E-state index contributed by atoms with van der Waals surface area (Å²) in [6, 6.07) is -0.370. The highest BCUT2D eigenvalue weighted by atomic mass is 16.4. The van der Waals surface area contributed by atoms with Crippen molar-refractivity contribution < 1.29 is 9.90 Å². The van der Waals surface area contributed by atoms with Crippen LogP contribution in [0.25, 0.3) is 0 Å². The van der Waals surface area contributed by atoms with E-state index >= 15 is 0 Å². The van der Waals surface area contributed by atoms with Gasteiger partial charge in [0.2, 0.25) is 0 Å². The average Bonchev–Trinajstić information content (AvgIpc) is 2.19. The van der Waals surface area contributed by atoms with Gasteiger partial charge >= 0.3 is 5.97 Å². The van der Waals surface area contributed by atoms with Crippen LogP contribution in [0.4, 0.5) is 0 Å². The number of aliphatic carboxylic acids is 1. The molecule has 1 saturated heterocycles. The van der Waals surface area contributed by atoms with E-state index in [0.29, 0.717) is 6.54 Å². The number of unbranched alkanes of at least 4 members (excludes halogenated alkanes) is 2. The molecule has 0 bridgehead atoms. The Morgan fingerprint density at radius 2 is 2.36 bits per heavy atom. The number of rotatable bonds is 5. The molecule has 0 aromatic heterocycles. The molecule has 0 spiro atoms. The summed E-state index contributed by atoms with van der Waals surface area (Å²) in [6.45, 7) is 5.65. The van der Waals surface area contributed by atoms with Crippen molar-refractivity contribution in [1.82, 2.24) is 10.2 Å². The zero-order valence-corrected chi connectivity index (χ0v) is 8.83. The summed E-state index contributed by atoms with van der Waals surface area (Å²) in [4.78, 5) is 13.0. The summed E-state index contributed by atoms with van der Waals surface area (Å²) >= 11 is 0. The monoisotopic (exact) mass is 200 g/mol. The number of carbonyl (C=O) groups is 1. The first-order valence-electron chi connectivity index (χ1n) is 5.42. The molecule has 0 amide bonds. The highest BCUT2D eigenvalue weighted by molar-refractivity contribution is 5.73. The Labute approximate surface area is 85.3 Å². The maximum Gasteiger partial charge on any atom is 0.322 e. The van der Waals surface area contributed by atoms with Gasteiger partial charge in [0.15, 0.2) is 0 Å². The van der Waals surface area contributed by atoms with Crippen molar-refractivity contribution in [1.29, 1.82) is 0 Å². The van der Waals surface area contributed by atoms with Gasteiger partial charge in [-0.3, -0.25) is 9.69 Å². The number of hydrogen-bond donors (Lipinski definition) is 2. The van der Waals surface area contributed by atoms with Crippen LogP contribution in [0.5, 0.6) is 0 Å². The van der Waals surface area contributed by atoms with Crippen LogP contribution in [0.15, 0.2) is 0 Å². The lowest BCUT2D eigenvalue weighted by atomic mass is 10.2. The number of carboxylic acid groups (broad SMARTS) is 1. The molecule has 0 radical (unpaired) electrons. The van der Waals surface area contributed by atoms with Crippen molar-refractivity contribution in [2.75, 3.05) is 26.2 Å². The molecule has 0 aliphatic carbocycles. The second-order valence-corrected chi connectivity index (χ2v) is 3.85. The number of carboxylic acids is 1. The van der Waals surface area contributed by atoms with E-state index in [4.69, 9.17) is 5.11 Å². The van der Waals surface area contributed by atoms with Gasteiger partial charge in [0, 0.05) is 19.6 Å². The molecule has 1 aliphatic rings. The lowest BCUT2D eigenvalue weighted by Crippen LogP contribution is -2.54. The lowest BCUT2D eigenvalue weighted by Gasteiger charge is -2.31. The molecule has 82 valence electrons. The number of nitrogens with zero attached hydrogens (tertiary/aromatic N) is 1. The Morgan fingerprint density at radius 1 is 1.57 bits per heavy atom. The van der Waals surface area contributed by atoms with E-state index in [0.717, 1.165) is 19.6 Å². The van der Waals surface area contributed by atoms with Gasteiger partial charge in [0.05, 0.1) is 0 Å². The molecule has 0 saturated carbocycles. The SMILES string of the molecule is CCCCCN1CCNC(C(=O)O)C1. The molecule has 4 nitrogen and oxygen atoms in total. The smallest absolute Gasteiger partial charge is 0.322 e. The molecule has 1 aliphatic heterocycles. The molecular weight excluding hydrogens is 180 g/mol. The first-order valence-corrected chi connectivity index (χ1v) is 5.42. The first-order chi connectivity index (χ1) is 6.74.